The summed E-state index contributed by atoms with van der Waals surface area (Å²) in [6.45, 7) is 0. The molecular formula is C7H6ClN5O2. The van der Waals surface area contributed by atoms with Crippen LogP contribution in [0, 0.1) is 0 Å². The van der Waals surface area contributed by atoms with Crippen molar-refractivity contribution >= 4 is 23.5 Å². The quantitative estimate of drug-likeness (QED) is 0.756. The molecule has 0 atom stereocenters. The Labute approximate surface area is 88.8 Å². The van der Waals surface area contributed by atoms with Gasteiger partial charge in [0.2, 0.25) is 0 Å². The molecule has 0 saturated heterocycles. The van der Waals surface area contributed by atoms with E-state index in [4.69, 9.17) is 16.0 Å². The van der Waals surface area contributed by atoms with Crippen molar-refractivity contribution in [2.24, 2.45) is 0 Å². The van der Waals surface area contributed by atoms with Crippen molar-refractivity contribution in [1.82, 2.24) is 20.6 Å². The van der Waals surface area contributed by atoms with Gasteiger partial charge in [-0.2, -0.15) is 5.21 Å². The lowest BCUT2D eigenvalue weighted by Gasteiger charge is -1.95. The van der Waals surface area contributed by atoms with E-state index in [2.05, 4.69) is 25.9 Å². The van der Waals surface area contributed by atoms with Gasteiger partial charge >= 0.3 is 0 Å². The highest BCUT2D eigenvalue weighted by molar-refractivity contribution is 6.16. The lowest BCUT2D eigenvalue weighted by molar-refractivity contribution is 0.0994. The SMILES string of the molecule is O=C(Nc1nn[nH]n1)c1ccc(CCl)o1. The number of tetrazole rings is 1. The third-order valence-electron chi connectivity index (χ3n) is 1.59. The number of amides is 1. The van der Waals surface area contributed by atoms with Crippen LogP contribution in [-0.2, 0) is 5.88 Å². The minimum Gasteiger partial charge on any atom is -0.455 e. The van der Waals surface area contributed by atoms with E-state index in [-0.39, 0.29) is 17.6 Å². The van der Waals surface area contributed by atoms with Crippen LogP contribution in [0.4, 0.5) is 5.95 Å². The van der Waals surface area contributed by atoms with E-state index in [1.165, 1.54) is 6.07 Å². The number of anilines is 1. The molecule has 0 aliphatic heterocycles. The van der Waals surface area contributed by atoms with Gasteiger partial charge in [-0.3, -0.25) is 10.1 Å². The summed E-state index contributed by atoms with van der Waals surface area (Å²) < 4.78 is 5.11. The van der Waals surface area contributed by atoms with Crippen LogP contribution < -0.4 is 5.32 Å². The topological polar surface area (TPSA) is 96.7 Å². The molecule has 0 fully saturated rings. The van der Waals surface area contributed by atoms with Gasteiger partial charge in [0.1, 0.15) is 5.76 Å². The van der Waals surface area contributed by atoms with Crippen LogP contribution in [0.15, 0.2) is 16.5 Å². The first-order chi connectivity index (χ1) is 7.29. The van der Waals surface area contributed by atoms with Gasteiger partial charge in [-0.15, -0.1) is 16.7 Å². The lowest BCUT2D eigenvalue weighted by atomic mass is 10.4. The van der Waals surface area contributed by atoms with E-state index in [0.717, 1.165) is 0 Å². The lowest BCUT2D eigenvalue weighted by Crippen LogP contribution is -2.12. The smallest absolute Gasteiger partial charge is 0.293 e. The van der Waals surface area contributed by atoms with Crippen LogP contribution in [0.5, 0.6) is 0 Å². The molecule has 0 radical (unpaired) electrons. The Hall–Kier alpha value is -1.89. The van der Waals surface area contributed by atoms with Gasteiger partial charge in [0.15, 0.2) is 5.76 Å². The van der Waals surface area contributed by atoms with Crippen LogP contribution in [0.2, 0.25) is 0 Å². The molecule has 2 heterocycles. The molecule has 0 bridgehead atoms. The molecule has 8 heteroatoms. The molecule has 0 spiro atoms. The highest BCUT2D eigenvalue weighted by Gasteiger charge is 2.12. The predicted molar refractivity (Wildman–Crippen MR) is 50.4 cm³/mol. The number of nitrogens with zero attached hydrogens (tertiary/aromatic N) is 3. The summed E-state index contributed by atoms with van der Waals surface area (Å²) in [6, 6.07) is 3.14. The average Bonchev–Trinajstić information content (AvgIpc) is 2.86. The number of halogens is 1. The second-order valence-corrected chi connectivity index (χ2v) is 2.86. The number of nitrogens with one attached hydrogen (secondary N) is 2. The maximum absolute atomic E-state index is 11.5. The van der Waals surface area contributed by atoms with Gasteiger partial charge in [0.25, 0.3) is 11.9 Å². The monoisotopic (exact) mass is 227 g/mol. The minimum absolute atomic E-state index is 0.0869. The third kappa shape index (κ3) is 2.13. The zero-order valence-electron chi connectivity index (χ0n) is 7.40. The number of aromatic nitrogens is 4. The Bertz CT molecular complexity index is 452. The summed E-state index contributed by atoms with van der Waals surface area (Å²) in [4.78, 5) is 11.5. The molecule has 2 aromatic rings. The summed E-state index contributed by atoms with van der Waals surface area (Å²) in [5.74, 6) is 0.525. The van der Waals surface area contributed by atoms with E-state index in [1.54, 1.807) is 6.07 Å². The first-order valence-electron chi connectivity index (χ1n) is 3.99. The van der Waals surface area contributed by atoms with Gasteiger partial charge in [-0.1, -0.05) is 5.10 Å². The van der Waals surface area contributed by atoms with E-state index in [1.807, 2.05) is 0 Å². The van der Waals surface area contributed by atoms with Crippen molar-refractivity contribution in [2.45, 2.75) is 5.88 Å². The van der Waals surface area contributed by atoms with Gasteiger partial charge < -0.3 is 4.42 Å². The number of hydrogen-bond donors (Lipinski definition) is 2. The van der Waals surface area contributed by atoms with Crippen LogP contribution in [0.25, 0.3) is 0 Å². The molecule has 0 aliphatic carbocycles. The second-order valence-electron chi connectivity index (χ2n) is 2.59. The normalized spacial score (nSPS) is 10.2. The molecule has 2 aromatic heterocycles. The average molecular weight is 228 g/mol. The Balaban J connectivity index is 2.08. The highest BCUT2D eigenvalue weighted by atomic mass is 35.5. The van der Waals surface area contributed by atoms with Crippen molar-refractivity contribution < 1.29 is 9.21 Å². The maximum atomic E-state index is 11.5. The Morgan fingerprint density at radius 1 is 1.60 bits per heavy atom. The van der Waals surface area contributed by atoms with Gasteiger partial charge in [-0.25, -0.2) is 0 Å². The van der Waals surface area contributed by atoms with Gasteiger partial charge in [0, 0.05) is 0 Å². The number of carbonyl (C=O) groups is 1. The zero-order valence-corrected chi connectivity index (χ0v) is 8.15. The summed E-state index contributed by atoms with van der Waals surface area (Å²) in [5, 5.41) is 15.0. The molecule has 15 heavy (non-hydrogen) atoms. The fraction of sp³-hybridized carbons (Fsp3) is 0.143. The van der Waals surface area contributed by atoms with Gasteiger partial charge in [0.05, 0.1) is 5.88 Å². The fourth-order valence-corrected chi connectivity index (χ4v) is 1.09. The fourth-order valence-electron chi connectivity index (χ4n) is 0.950. The summed E-state index contributed by atoms with van der Waals surface area (Å²) in [5.41, 5.74) is 0. The third-order valence-corrected chi connectivity index (χ3v) is 1.85. The van der Waals surface area contributed by atoms with E-state index in [9.17, 15) is 4.79 Å². The summed E-state index contributed by atoms with van der Waals surface area (Å²) in [6.07, 6.45) is 0. The van der Waals surface area contributed by atoms with Crippen molar-refractivity contribution in [3.8, 4) is 0 Å². The highest BCUT2D eigenvalue weighted by Crippen LogP contribution is 2.11. The first kappa shape index (κ1) is 9.66. The summed E-state index contributed by atoms with van der Waals surface area (Å²) in [7, 11) is 0. The number of aromatic amines is 1. The second kappa shape index (κ2) is 4.09. The molecule has 78 valence electrons. The van der Waals surface area contributed by atoms with E-state index < -0.39 is 5.91 Å². The Kier molecular flexibility index (Phi) is 2.64. The number of carbonyl (C=O) groups excluding carboxylic acids is 1. The van der Waals surface area contributed by atoms with Crippen LogP contribution in [0.1, 0.15) is 16.3 Å². The van der Waals surface area contributed by atoms with Crippen LogP contribution >= 0.6 is 11.6 Å². The van der Waals surface area contributed by atoms with Crippen LogP contribution in [0.3, 0.4) is 0 Å². The largest absolute Gasteiger partial charge is 0.455 e. The molecule has 0 unspecified atom stereocenters. The van der Waals surface area contributed by atoms with Crippen molar-refractivity contribution in [1.29, 1.82) is 0 Å². The van der Waals surface area contributed by atoms with Crippen molar-refractivity contribution in [3.63, 3.8) is 0 Å². The molecule has 0 aromatic carbocycles. The minimum atomic E-state index is -0.451. The Morgan fingerprint density at radius 3 is 3.07 bits per heavy atom. The molecular weight excluding hydrogens is 222 g/mol. The first-order valence-corrected chi connectivity index (χ1v) is 4.52. The summed E-state index contributed by atoms with van der Waals surface area (Å²) >= 11 is 5.52. The number of rotatable bonds is 3. The van der Waals surface area contributed by atoms with Gasteiger partial charge in [-0.05, 0) is 17.3 Å². The number of alkyl halides is 1. The number of hydrogen-bond acceptors (Lipinski definition) is 5. The zero-order chi connectivity index (χ0) is 10.7. The Morgan fingerprint density at radius 2 is 2.47 bits per heavy atom. The van der Waals surface area contributed by atoms with Crippen molar-refractivity contribution in [3.05, 3.63) is 23.7 Å². The molecule has 7 nitrogen and oxygen atoms in total. The molecule has 1 amide bonds. The van der Waals surface area contributed by atoms with E-state index in [0.29, 0.717) is 5.76 Å². The molecule has 0 aliphatic rings. The standard InChI is InChI=1S/C7H6ClN5O2/c8-3-4-1-2-5(15-4)6(14)9-7-10-12-13-11-7/h1-2H,3H2,(H2,9,10,11,12,13,14). The van der Waals surface area contributed by atoms with Crippen molar-refractivity contribution in [2.75, 3.05) is 5.32 Å². The number of H-pyrrole nitrogens is 1. The predicted octanol–water partition coefficient (Wildman–Crippen LogP) is 0.784. The van der Waals surface area contributed by atoms with Crippen LogP contribution in [-0.4, -0.2) is 26.5 Å². The molecule has 0 saturated carbocycles. The number of furan rings is 1. The maximum Gasteiger partial charge on any atom is 0.293 e. The van der Waals surface area contributed by atoms with E-state index >= 15 is 0 Å². The molecule has 2 N–H and O–H groups in total. The molecule has 2 rings (SSSR count).